The first-order valence-electron chi connectivity index (χ1n) is 6.25. The van der Waals surface area contributed by atoms with Crippen molar-refractivity contribution in [1.82, 2.24) is 4.90 Å². The number of hydrogen-bond acceptors (Lipinski definition) is 3. The van der Waals surface area contributed by atoms with Gasteiger partial charge in [0.05, 0.1) is 0 Å². The van der Waals surface area contributed by atoms with Crippen molar-refractivity contribution in [3.8, 4) is 6.07 Å². The van der Waals surface area contributed by atoms with Gasteiger partial charge in [-0.1, -0.05) is 22.0 Å². The molecule has 0 saturated carbocycles. The van der Waals surface area contributed by atoms with Crippen LogP contribution in [-0.4, -0.2) is 24.8 Å². The molecule has 0 amide bonds. The second-order valence-electron chi connectivity index (χ2n) is 5.09. The Labute approximate surface area is 127 Å². The number of nitriles is 1. The summed E-state index contributed by atoms with van der Waals surface area (Å²) in [5.41, 5.74) is 4.17. The van der Waals surface area contributed by atoms with Crippen molar-refractivity contribution in [2.24, 2.45) is 0 Å². The van der Waals surface area contributed by atoms with E-state index < -0.39 is 0 Å². The van der Waals surface area contributed by atoms with Crippen LogP contribution in [-0.2, 0) is 11.2 Å². The molecule has 2 rings (SSSR count). The minimum atomic E-state index is -0.189. The van der Waals surface area contributed by atoms with Crippen LogP contribution in [0.15, 0.2) is 34.0 Å². The fourth-order valence-corrected chi connectivity index (χ4v) is 2.58. The summed E-state index contributed by atoms with van der Waals surface area (Å²) in [5.74, 6) is -0.189. The van der Waals surface area contributed by atoms with Gasteiger partial charge in [-0.15, -0.1) is 0 Å². The van der Waals surface area contributed by atoms with Gasteiger partial charge in [0, 0.05) is 36.8 Å². The van der Waals surface area contributed by atoms with E-state index in [9.17, 15) is 4.79 Å². The van der Waals surface area contributed by atoms with E-state index in [0.29, 0.717) is 12.0 Å². The van der Waals surface area contributed by atoms with E-state index in [2.05, 4.69) is 22.0 Å². The number of carbonyl (C=O) groups excluding carboxylic acids is 1. The summed E-state index contributed by atoms with van der Waals surface area (Å²) in [6.07, 6.45) is 4.03. The topological polar surface area (TPSA) is 44.1 Å². The van der Waals surface area contributed by atoms with Gasteiger partial charge in [0.1, 0.15) is 11.6 Å². The predicted octanol–water partition coefficient (Wildman–Crippen LogP) is 3.24. The first kappa shape index (κ1) is 14.5. The molecule has 0 saturated heterocycles. The Balaban J connectivity index is 2.32. The molecule has 0 radical (unpaired) electrons. The standard InChI is InChI=1S/C16H15BrN2O/c1-10-4-11-5-13(6-12(11)7-15(10)17)16(20)14(8-18)9-19(2)3/h4-5,7,9H,6H2,1-3H3. The van der Waals surface area contributed by atoms with Gasteiger partial charge in [-0.2, -0.15) is 5.26 Å². The molecule has 1 aliphatic rings. The van der Waals surface area contributed by atoms with Crippen LogP contribution >= 0.6 is 15.9 Å². The van der Waals surface area contributed by atoms with Gasteiger partial charge in [-0.25, -0.2) is 0 Å². The largest absolute Gasteiger partial charge is 0.382 e. The lowest BCUT2D eigenvalue weighted by atomic mass is 10.0. The Morgan fingerprint density at radius 2 is 2.15 bits per heavy atom. The third-order valence-electron chi connectivity index (χ3n) is 3.18. The fraction of sp³-hybridized carbons (Fsp3) is 0.250. The lowest BCUT2D eigenvalue weighted by Gasteiger charge is -2.06. The Bertz CT molecular complexity index is 678. The van der Waals surface area contributed by atoms with Crippen LogP contribution in [0.4, 0.5) is 0 Å². The smallest absolute Gasteiger partial charge is 0.201 e. The van der Waals surface area contributed by atoms with Gasteiger partial charge < -0.3 is 4.90 Å². The molecule has 0 fully saturated rings. The Kier molecular flexibility index (Phi) is 4.10. The number of allylic oxidation sites excluding steroid dienone is 2. The molecule has 0 heterocycles. The molecular formula is C16H15BrN2O. The molecule has 0 aliphatic heterocycles. The maximum absolute atomic E-state index is 12.4. The summed E-state index contributed by atoms with van der Waals surface area (Å²) in [6.45, 7) is 2.02. The zero-order chi connectivity index (χ0) is 14.9. The molecule has 0 atom stereocenters. The number of aryl methyl sites for hydroxylation is 1. The summed E-state index contributed by atoms with van der Waals surface area (Å²) in [6, 6.07) is 6.08. The summed E-state index contributed by atoms with van der Waals surface area (Å²) < 4.78 is 1.04. The molecule has 0 N–H and O–H groups in total. The average Bonchev–Trinajstić information content (AvgIpc) is 2.78. The Morgan fingerprint density at radius 3 is 2.75 bits per heavy atom. The van der Waals surface area contributed by atoms with E-state index in [0.717, 1.165) is 21.2 Å². The summed E-state index contributed by atoms with van der Waals surface area (Å²) in [5, 5.41) is 9.11. The number of hydrogen-bond donors (Lipinski definition) is 0. The highest BCUT2D eigenvalue weighted by atomic mass is 79.9. The van der Waals surface area contributed by atoms with Crippen molar-refractivity contribution in [2.45, 2.75) is 13.3 Å². The number of nitrogens with zero attached hydrogens (tertiary/aromatic N) is 2. The second kappa shape index (κ2) is 5.64. The number of benzene rings is 1. The van der Waals surface area contributed by atoms with E-state index in [4.69, 9.17) is 5.26 Å². The van der Waals surface area contributed by atoms with E-state index >= 15 is 0 Å². The van der Waals surface area contributed by atoms with Crippen molar-refractivity contribution in [1.29, 1.82) is 5.26 Å². The SMILES string of the molecule is Cc1cc2c(cc1Br)CC(C(=O)C(C#N)=CN(C)C)=C2. The lowest BCUT2D eigenvalue weighted by Crippen LogP contribution is -2.10. The number of fused-ring (bicyclic) bond motifs is 1. The molecule has 4 heteroatoms. The van der Waals surface area contributed by atoms with Gasteiger partial charge in [-0.05, 0) is 35.8 Å². The number of Topliss-reactive ketones (excluding diaryl/α,β-unsaturated/α-hetero) is 1. The zero-order valence-corrected chi connectivity index (χ0v) is 13.3. The van der Waals surface area contributed by atoms with Crippen LogP contribution < -0.4 is 0 Å². The Hall–Kier alpha value is -1.86. The van der Waals surface area contributed by atoms with Crippen molar-refractivity contribution in [3.63, 3.8) is 0 Å². The fourth-order valence-electron chi connectivity index (χ4n) is 2.19. The van der Waals surface area contributed by atoms with Crippen LogP contribution in [0.5, 0.6) is 0 Å². The number of ketones is 1. The summed E-state index contributed by atoms with van der Waals surface area (Å²) in [7, 11) is 3.59. The normalized spacial score (nSPS) is 13.6. The third-order valence-corrected chi connectivity index (χ3v) is 4.03. The zero-order valence-electron chi connectivity index (χ0n) is 11.7. The molecule has 1 aliphatic carbocycles. The van der Waals surface area contributed by atoms with Crippen LogP contribution in [0.2, 0.25) is 0 Å². The lowest BCUT2D eigenvalue weighted by molar-refractivity contribution is -0.111. The van der Waals surface area contributed by atoms with Crippen molar-refractivity contribution in [3.05, 3.63) is 50.6 Å². The highest BCUT2D eigenvalue weighted by molar-refractivity contribution is 9.10. The molecule has 1 aromatic carbocycles. The van der Waals surface area contributed by atoms with Crippen LogP contribution in [0.25, 0.3) is 6.08 Å². The molecule has 0 aromatic heterocycles. The third kappa shape index (κ3) is 2.83. The molecule has 20 heavy (non-hydrogen) atoms. The van der Waals surface area contributed by atoms with E-state index in [-0.39, 0.29) is 11.4 Å². The quantitative estimate of drug-likeness (QED) is 0.631. The number of carbonyl (C=O) groups is 1. The van der Waals surface area contributed by atoms with Gasteiger partial charge >= 0.3 is 0 Å². The summed E-state index contributed by atoms with van der Waals surface area (Å²) >= 11 is 3.50. The molecule has 0 spiro atoms. The van der Waals surface area contributed by atoms with Gasteiger partial charge in [-0.3, -0.25) is 4.79 Å². The molecule has 3 nitrogen and oxygen atoms in total. The minimum absolute atomic E-state index is 0.171. The molecular weight excluding hydrogens is 316 g/mol. The van der Waals surface area contributed by atoms with E-state index in [1.165, 1.54) is 0 Å². The molecule has 0 unspecified atom stereocenters. The first-order chi connectivity index (χ1) is 9.42. The monoisotopic (exact) mass is 330 g/mol. The molecule has 0 bridgehead atoms. The van der Waals surface area contributed by atoms with Crippen molar-refractivity contribution < 1.29 is 4.79 Å². The second-order valence-corrected chi connectivity index (χ2v) is 5.95. The van der Waals surface area contributed by atoms with Gasteiger partial charge in [0.15, 0.2) is 0 Å². The van der Waals surface area contributed by atoms with Gasteiger partial charge in [0.2, 0.25) is 5.78 Å². The van der Waals surface area contributed by atoms with Crippen LogP contribution in [0, 0.1) is 18.3 Å². The van der Waals surface area contributed by atoms with Crippen molar-refractivity contribution in [2.75, 3.05) is 14.1 Å². The Morgan fingerprint density at radius 1 is 1.45 bits per heavy atom. The maximum Gasteiger partial charge on any atom is 0.201 e. The van der Waals surface area contributed by atoms with Gasteiger partial charge in [0.25, 0.3) is 0 Å². The highest BCUT2D eigenvalue weighted by Crippen LogP contribution is 2.31. The predicted molar refractivity (Wildman–Crippen MR) is 83.0 cm³/mol. The van der Waals surface area contributed by atoms with E-state index in [1.807, 2.05) is 25.1 Å². The average molecular weight is 331 g/mol. The summed E-state index contributed by atoms with van der Waals surface area (Å²) in [4.78, 5) is 14.1. The first-order valence-corrected chi connectivity index (χ1v) is 7.04. The van der Waals surface area contributed by atoms with Crippen LogP contribution in [0.3, 0.4) is 0 Å². The maximum atomic E-state index is 12.4. The number of rotatable bonds is 3. The van der Waals surface area contributed by atoms with E-state index in [1.54, 1.807) is 25.2 Å². The van der Waals surface area contributed by atoms with Crippen LogP contribution in [0.1, 0.15) is 16.7 Å². The van der Waals surface area contributed by atoms with Crippen molar-refractivity contribution >= 4 is 27.8 Å². The highest BCUT2D eigenvalue weighted by Gasteiger charge is 2.22. The number of halogens is 1. The minimum Gasteiger partial charge on any atom is -0.382 e. The molecule has 102 valence electrons. The molecule has 1 aromatic rings.